The van der Waals surface area contributed by atoms with Crippen LogP contribution in [0.1, 0.15) is 27.2 Å². The minimum absolute atomic E-state index is 0.0247. The van der Waals surface area contributed by atoms with Crippen LogP contribution < -0.4 is 16.4 Å². The van der Waals surface area contributed by atoms with Gasteiger partial charge in [-0.3, -0.25) is 9.59 Å². The zero-order chi connectivity index (χ0) is 13.5. The van der Waals surface area contributed by atoms with Gasteiger partial charge in [0, 0.05) is 5.54 Å². The van der Waals surface area contributed by atoms with Crippen LogP contribution in [0, 0.1) is 0 Å². The first-order valence-corrected chi connectivity index (χ1v) is 6.99. The van der Waals surface area contributed by atoms with Gasteiger partial charge in [-0.2, -0.15) is 11.8 Å². The molecule has 0 aromatic carbocycles. The average molecular weight is 261 g/mol. The summed E-state index contributed by atoms with van der Waals surface area (Å²) in [5, 5.41) is 5.29. The Kier molecular flexibility index (Phi) is 7.22. The van der Waals surface area contributed by atoms with E-state index in [1.807, 2.05) is 27.0 Å². The van der Waals surface area contributed by atoms with Gasteiger partial charge >= 0.3 is 0 Å². The van der Waals surface area contributed by atoms with Crippen molar-refractivity contribution in [2.45, 2.75) is 38.8 Å². The zero-order valence-electron chi connectivity index (χ0n) is 11.0. The Labute approximate surface area is 107 Å². The van der Waals surface area contributed by atoms with Crippen LogP contribution in [0.15, 0.2) is 0 Å². The van der Waals surface area contributed by atoms with Gasteiger partial charge in [-0.15, -0.1) is 0 Å². The summed E-state index contributed by atoms with van der Waals surface area (Å²) in [7, 11) is 0. The molecule has 0 aliphatic heterocycles. The van der Waals surface area contributed by atoms with Crippen LogP contribution in [0.2, 0.25) is 0 Å². The van der Waals surface area contributed by atoms with Gasteiger partial charge in [0.2, 0.25) is 11.8 Å². The number of hydrogen-bond acceptors (Lipinski definition) is 4. The lowest BCUT2D eigenvalue weighted by molar-refractivity contribution is -0.127. The van der Waals surface area contributed by atoms with E-state index in [-0.39, 0.29) is 23.9 Å². The second-order valence-corrected chi connectivity index (χ2v) is 5.89. The molecule has 6 heteroatoms. The van der Waals surface area contributed by atoms with Crippen LogP contribution in [0.25, 0.3) is 0 Å². The molecule has 17 heavy (non-hydrogen) atoms. The zero-order valence-corrected chi connectivity index (χ0v) is 11.8. The normalized spacial score (nSPS) is 13.0. The Morgan fingerprint density at radius 3 is 2.41 bits per heavy atom. The molecular formula is C11H23N3O2S. The Hall–Kier alpha value is -0.750. The SMILES string of the molecule is CSCC[C@@H](N)C(=O)NCC(=O)NC(C)(C)C. The maximum atomic E-state index is 11.5. The second-order valence-electron chi connectivity index (χ2n) is 4.90. The molecule has 100 valence electrons. The molecular weight excluding hydrogens is 238 g/mol. The Morgan fingerprint density at radius 1 is 1.35 bits per heavy atom. The van der Waals surface area contributed by atoms with E-state index in [1.54, 1.807) is 11.8 Å². The number of rotatable bonds is 6. The summed E-state index contributed by atoms with van der Waals surface area (Å²) in [6, 6.07) is -0.537. The fourth-order valence-corrected chi connectivity index (χ4v) is 1.63. The van der Waals surface area contributed by atoms with Crippen molar-refractivity contribution < 1.29 is 9.59 Å². The highest BCUT2D eigenvalue weighted by Gasteiger charge is 2.16. The van der Waals surface area contributed by atoms with Gasteiger partial charge in [0.25, 0.3) is 0 Å². The molecule has 1 atom stereocenters. The predicted octanol–water partition coefficient (Wildman–Crippen LogP) is 0.0977. The van der Waals surface area contributed by atoms with E-state index in [2.05, 4.69) is 10.6 Å². The number of thioether (sulfide) groups is 1. The molecule has 0 saturated heterocycles. The summed E-state index contributed by atoms with van der Waals surface area (Å²) >= 11 is 1.64. The number of carbonyl (C=O) groups is 2. The van der Waals surface area contributed by atoms with Crippen molar-refractivity contribution in [2.24, 2.45) is 5.73 Å². The third kappa shape index (κ3) is 9.00. The molecule has 0 fully saturated rings. The van der Waals surface area contributed by atoms with E-state index in [0.29, 0.717) is 6.42 Å². The molecule has 0 saturated carbocycles. The number of carbonyl (C=O) groups excluding carboxylic acids is 2. The number of nitrogens with two attached hydrogens (primary N) is 1. The molecule has 0 bridgehead atoms. The summed E-state index contributed by atoms with van der Waals surface area (Å²) in [5.74, 6) is 0.356. The number of amides is 2. The van der Waals surface area contributed by atoms with Gasteiger partial charge in [-0.25, -0.2) is 0 Å². The number of nitrogens with one attached hydrogen (secondary N) is 2. The molecule has 0 aliphatic carbocycles. The summed E-state index contributed by atoms with van der Waals surface area (Å²) < 4.78 is 0. The van der Waals surface area contributed by atoms with Crippen LogP contribution in [0.4, 0.5) is 0 Å². The van der Waals surface area contributed by atoms with Crippen molar-refractivity contribution in [3.05, 3.63) is 0 Å². The molecule has 2 amide bonds. The molecule has 0 spiro atoms. The minimum Gasteiger partial charge on any atom is -0.350 e. The first-order valence-electron chi connectivity index (χ1n) is 5.59. The van der Waals surface area contributed by atoms with Crippen LogP contribution in [0.3, 0.4) is 0 Å². The molecule has 0 heterocycles. The van der Waals surface area contributed by atoms with Gasteiger partial charge in [0.15, 0.2) is 0 Å². The highest BCUT2D eigenvalue weighted by Crippen LogP contribution is 1.99. The second kappa shape index (κ2) is 7.55. The Morgan fingerprint density at radius 2 is 1.94 bits per heavy atom. The average Bonchev–Trinajstić information content (AvgIpc) is 2.20. The van der Waals surface area contributed by atoms with Gasteiger partial charge in [-0.1, -0.05) is 0 Å². The van der Waals surface area contributed by atoms with E-state index in [0.717, 1.165) is 5.75 Å². The van der Waals surface area contributed by atoms with E-state index >= 15 is 0 Å². The lowest BCUT2D eigenvalue weighted by Crippen LogP contribution is -2.48. The third-order valence-electron chi connectivity index (χ3n) is 1.91. The van der Waals surface area contributed by atoms with Crippen LogP contribution in [-0.2, 0) is 9.59 Å². The van der Waals surface area contributed by atoms with Crippen molar-refractivity contribution in [3.8, 4) is 0 Å². The van der Waals surface area contributed by atoms with E-state index in [1.165, 1.54) is 0 Å². The smallest absolute Gasteiger partial charge is 0.239 e. The van der Waals surface area contributed by atoms with Gasteiger partial charge in [0.05, 0.1) is 12.6 Å². The maximum Gasteiger partial charge on any atom is 0.239 e. The fraction of sp³-hybridized carbons (Fsp3) is 0.818. The summed E-state index contributed by atoms with van der Waals surface area (Å²) in [5.41, 5.74) is 5.37. The highest BCUT2D eigenvalue weighted by molar-refractivity contribution is 7.98. The lowest BCUT2D eigenvalue weighted by Gasteiger charge is -2.21. The molecule has 0 unspecified atom stereocenters. The van der Waals surface area contributed by atoms with Gasteiger partial charge in [0.1, 0.15) is 0 Å². The highest BCUT2D eigenvalue weighted by atomic mass is 32.2. The molecule has 5 nitrogen and oxygen atoms in total. The van der Waals surface area contributed by atoms with Crippen LogP contribution in [0.5, 0.6) is 0 Å². The standard InChI is InChI=1S/C11H23N3O2S/c1-11(2,3)14-9(15)7-13-10(16)8(12)5-6-17-4/h8H,5-7,12H2,1-4H3,(H,13,16)(H,14,15)/t8-/m1/s1. The lowest BCUT2D eigenvalue weighted by atomic mass is 10.1. The van der Waals surface area contributed by atoms with Gasteiger partial charge < -0.3 is 16.4 Å². The monoisotopic (exact) mass is 261 g/mol. The first kappa shape index (κ1) is 16.2. The fourth-order valence-electron chi connectivity index (χ4n) is 1.14. The van der Waals surface area contributed by atoms with E-state index in [9.17, 15) is 9.59 Å². The van der Waals surface area contributed by atoms with Crippen molar-refractivity contribution >= 4 is 23.6 Å². The molecule has 4 N–H and O–H groups in total. The largest absolute Gasteiger partial charge is 0.350 e. The van der Waals surface area contributed by atoms with Crippen molar-refractivity contribution in [2.75, 3.05) is 18.6 Å². The van der Waals surface area contributed by atoms with E-state index < -0.39 is 6.04 Å². The molecule has 0 aliphatic rings. The quantitative estimate of drug-likeness (QED) is 0.633. The molecule has 0 aromatic heterocycles. The van der Waals surface area contributed by atoms with Gasteiger partial charge in [-0.05, 0) is 39.2 Å². The topological polar surface area (TPSA) is 84.2 Å². The number of hydrogen-bond donors (Lipinski definition) is 3. The Bertz CT molecular complexity index is 264. The minimum atomic E-state index is -0.537. The first-order chi connectivity index (χ1) is 7.76. The van der Waals surface area contributed by atoms with Crippen molar-refractivity contribution in [3.63, 3.8) is 0 Å². The summed E-state index contributed by atoms with van der Waals surface area (Å²) in [4.78, 5) is 22.9. The third-order valence-corrected chi connectivity index (χ3v) is 2.55. The summed E-state index contributed by atoms with van der Waals surface area (Å²) in [6.45, 7) is 5.63. The van der Waals surface area contributed by atoms with Crippen molar-refractivity contribution in [1.82, 2.24) is 10.6 Å². The van der Waals surface area contributed by atoms with Crippen molar-refractivity contribution in [1.29, 1.82) is 0 Å². The predicted molar refractivity (Wildman–Crippen MR) is 71.9 cm³/mol. The van der Waals surface area contributed by atoms with E-state index in [4.69, 9.17) is 5.73 Å². The van der Waals surface area contributed by atoms with Crippen LogP contribution >= 0.6 is 11.8 Å². The van der Waals surface area contributed by atoms with Crippen LogP contribution in [-0.4, -0.2) is 41.9 Å². The molecule has 0 rings (SSSR count). The Balaban J connectivity index is 3.87. The molecule has 0 aromatic rings. The molecule has 0 radical (unpaired) electrons. The maximum absolute atomic E-state index is 11.5. The summed E-state index contributed by atoms with van der Waals surface area (Å²) in [6.07, 6.45) is 2.58.